The summed E-state index contributed by atoms with van der Waals surface area (Å²) in [6.45, 7) is 1.58. The van der Waals surface area contributed by atoms with Gasteiger partial charge in [-0.3, -0.25) is 20.3 Å². The zero-order valence-corrected chi connectivity index (χ0v) is 18.8. The van der Waals surface area contributed by atoms with E-state index in [2.05, 4.69) is 32.0 Å². The molecule has 162 valence electrons. The van der Waals surface area contributed by atoms with E-state index in [1.807, 2.05) is 24.3 Å². The van der Waals surface area contributed by atoms with E-state index in [4.69, 9.17) is 4.74 Å². The van der Waals surface area contributed by atoms with Crippen LogP contribution in [0.25, 0.3) is 0 Å². The van der Waals surface area contributed by atoms with Crippen LogP contribution in [0, 0.1) is 0 Å². The molecule has 3 N–H and O–H groups in total. The zero-order chi connectivity index (χ0) is 22.2. The highest BCUT2D eigenvalue weighted by molar-refractivity contribution is 9.10. The van der Waals surface area contributed by atoms with Crippen LogP contribution < -0.4 is 20.8 Å². The van der Waals surface area contributed by atoms with Gasteiger partial charge in [-0.05, 0) is 55.2 Å². The molecule has 1 aliphatic carbocycles. The number of ether oxygens (including phenoxy) is 1. The lowest BCUT2D eigenvalue weighted by molar-refractivity contribution is -0.138. The van der Waals surface area contributed by atoms with Gasteiger partial charge in [0.2, 0.25) is 0 Å². The number of amides is 4. The van der Waals surface area contributed by atoms with E-state index in [9.17, 15) is 14.4 Å². The minimum atomic E-state index is -1.28. The van der Waals surface area contributed by atoms with Gasteiger partial charge in [0, 0.05) is 10.0 Å². The Bertz CT molecular complexity index is 1020. The summed E-state index contributed by atoms with van der Waals surface area (Å²) in [6.07, 6.45) is 1.83. The molecule has 1 atom stereocenters. The van der Waals surface area contributed by atoms with Crippen molar-refractivity contribution >= 4 is 33.8 Å². The number of hydrogen-bond donors (Lipinski definition) is 3. The molecule has 1 saturated carbocycles. The highest BCUT2D eigenvalue weighted by atomic mass is 79.9. The predicted molar refractivity (Wildman–Crippen MR) is 117 cm³/mol. The van der Waals surface area contributed by atoms with Crippen LogP contribution in [0.2, 0.25) is 0 Å². The van der Waals surface area contributed by atoms with Crippen molar-refractivity contribution in [2.24, 2.45) is 0 Å². The van der Waals surface area contributed by atoms with Gasteiger partial charge in [-0.15, -0.1) is 0 Å². The Labute approximate surface area is 188 Å². The molecule has 1 unspecified atom stereocenters. The van der Waals surface area contributed by atoms with Crippen molar-refractivity contribution in [2.75, 3.05) is 13.7 Å². The number of hydrazine groups is 1. The van der Waals surface area contributed by atoms with Crippen LogP contribution >= 0.6 is 15.9 Å². The monoisotopic (exact) mass is 486 g/mol. The van der Waals surface area contributed by atoms with Crippen molar-refractivity contribution in [1.82, 2.24) is 21.1 Å². The molecule has 2 aromatic carbocycles. The molecule has 8 nitrogen and oxygen atoms in total. The maximum absolute atomic E-state index is 13.0. The summed E-state index contributed by atoms with van der Waals surface area (Å²) in [5.74, 6) is -0.379. The molecule has 4 rings (SSSR count). The van der Waals surface area contributed by atoms with E-state index in [0.717, 1.165) is 27.9 Å². The number of urea groups is 1. The number of nitrogens with zero attached hydrogens (tertiary/aromatic N) is 1. The van der Waals surface area contributed by atoms with Crippen molar-refractivity contribution in [3.8, 4) is 5.75 Å². The van der Waals surface area contributed by atoms with Crippen molar-refractivity contribution in [3.05, 3.63) is 64.1 Å². The Morgan fingerprint density at radius 1 is 1.10 bits per heavy atom. The molecule has 0 bridgehead atoms. The zero-order valence-electron chi connectivity index (χ0n) is 17.2. The third-order valence-corrected chi connectivity index (χ3v) is 6.36. The first kappa shape index (κ1) is 21.3. The Morgan fingerprint density at radius 3 is 2.29 bits per heavy atom. The van der Waals surface area contributed by atoms with Gasteiger partial charge in [-0.1, -0.05) is 40.2 Å². The van der Waals surface area contributed by atoms with E-state index < -0.39 is 23.4 Å². The summed E-state index contributed by atoms with van der Waals surface area (Å²) in [6, 6.07) is 14.1. The maximum atomic E-state index is 13.0. The van der Waals surface area contributed by atoms with Crippen molar-refractivity contribution in [3.63, 3.8) is 0 Å². The second kappa shape index (κ2) is 7.97. The molecular formula is C22H23BrN4O4. The van der Waals surface area contributed by atoms with Gasteiger partial charge in [0.1, 0.15) is 11.3 Å². The Kier molecular flexibility index (Phi) is 5.49. The first-order valence-corrected chi connectivity index (χ1v) is 10.7. The fourth-order valence-corrected chi connectivity index (χ4v) is 4.00. The number of methoxy groups -OCH3 is 1. The van der Waals surface area contributed by atoms with Gasteiger partial charge in [0.05, 0.1) is 13.7 Å². The lowest BCUT2D eigenvalue weighted by Gasteiger charge is -2.23. The number of rotatable bonds is 7. The largest absolute Gasteiger partial charge is 0.497 e. The molecule has 2 fully saturated rings. The average molecular weight is 487 g/mol. The second-order valence-corrected chi connectivity index (χ2v) is 8.82. The third-order valence-electron chi connectivity index (χ3n) is 5.83. The first-order chi connectivity index (χ1) is 14.8. The SMILES string of the molecule is COc1ccc(C2(C)NC(=O)N(NC(=O)CNC3(c4ccc(Br)cc4)CC3)C2=O)cc1. The molecular weight excluding hydrogens is 464 g/mol. The fraction of sp³-hybridized carbons (Fsp3) is 0.318. The Hall–Kier alpha value is -2.91. The van der Waals surface area contributed by atoms with Gasteiger partial charge in [0.25, 0.3) is 11.8 Å². The molecule has 0 aromatic heterocycles. The molecule has 2 aliphatic rings. The number of halogens is 1. The van der Waals surface area contributed by atoms with Gasteiger partial charge >= 0.3 is 6.03 Å². The number of imide groups is 1. The number of benzene rings is 2. The Morgan fingerprint density at radius 2 is 1.71 bits per heavy atom. The maximum Gasteiger partial charge on any atom is 0.344 e. The lowest BCUT2D eigenvalue weighted by Crippen LogP contribution is -2.51. The van der Waals surface area contributed by atoms with E-state index in [-0.39, 0.29) is 12.1 Å². The number of carbonyl (C=O) groups is 3. The van der Waals surface area contributed by atoms with Gasteiger partial charge in [0.15, 0.2) is 0 Å². The van der Waals surface area contributed by atoms with Crippen molar-refractivity contribution in [1.29, 1.82) is 0 Å². The van der Waals surface area contributed by atoms with Crippen molar-refractivity contribution < 1.29 is 19.1 Å². The van der Waals surface area contributed by atoms with Gasteiger partial charge < -0.3 is 10.1 Å². The van der Waals surface area contributed by atoms with Crippen LogP contribution in [-0.4, -0.2) is 36.5 Å². The molecule has 0 radical (unpaired) electrons. The van der Waals surface area contributed by atoms with Crippen LogP contribution in [0.3, 0.4) is 0 Å². The van der Waals surface area contributed by atoms with E-state index in [1.54, 1.807) is 38.3 Å². The molecule has 1 aliphatic heterocycles. The molecule has 1 saturated heterocycles. The normalized spacial score (nSPS) is 21.6. The first-order valence-electron chi connectivity index (χ1n) is 9.89. The molecule has 0 spiro atoms. The standard InChI is InChI=1S/C22H23BrN4O4/c1-21(14-5-9-17(31-2)10-6-14)19(29)27(20(30)25-21)26-18(28)13-24-22(11-12-22)15-3-7-16(23)8-4-15/h3-10,24H,11-13H2,1-2H3,(H,25,30)(H,26,28). The summed E-state index contributed by atoms with van der Waals surface area (Å²) >= 11 is 3.42. The third kappa shape index (κ3) is 4.03. The van der Waals surface area contributed by atoms with Crippen molar-refractivity contribution in [2.45, 2.75) is 30.8 Å². The van der Waals surface area contributed by atoms with E-state index in [1.165, 1.54) is 0 Å². The minimum Gasteiger partial charge on any atom is -0.497 e. The predicted octanol–water partition coefficient (Wildman–Crippen LogP) is 2.53. The summed E-state index contributed by atoms with van der Waals surface area (Å²) in [4.78, 5) is 37.9. The van der Waals surface area contributed by atoms with E-state index >= 15 is 0 Å². The summed E-state index contributed by atoms with van der Waals surface area (Å²) in [5, 5.41) is 6.67. The molecule has 1 heterocycles. The number of carbonyl (C=O) groups excluding carboxylic acids is 3. The fourth-order valence-electron chi connectivity index (χ4n) is 3.74. The van der Waals surface area contributed by atoms with Gasteiger partial charge in [-0.25, -0.2) is 4.79 Å². The molecule has 31 heavy (non-hydrogen) atoms. The quantitative estimate of drug-likeness (QED) is 0.522. The summed E-state index contributed by atoms with van der Waals surface area (Å²) in [7, 11) is 1.55. The van der Waals surface area contributed by atoms with Crippen LogP contribution in [0.5, 0.6) is 5.75 Å². The van der Waals surface area contributed by atoms with E-state index in [0.29, 0.717) is 11.3 Å². The topological polar surface area (TPSA) is 99.8 Å². The molecule has 2 aromatic rings. The van der Waals surface area contributed by atoms with Gasteiger partial charge in [-0.2, -0.15) is 5.01 Å². The highest BCUT2D eigenvalue weighted by Crippen LogP contribution is 2.45. The average Bonchev–Trinajstić information content (AvgIpc) is 3.53. The minimum absolute atomic E-state index is 0.0215. The molecule has 4 amide bonds. The number of nitrogens with one attached hydrogen (secondary N) is 3. The number of hydrogen-bond acceptors (Lipinski definition) is 5. The Balaban J connectivity index is 1.39. The van der Waals surface area contributed by atoms with Crippen LogP contribution in [0.4, 0.5) is 4.79 Å². The highest BCUT2D eigenvalue weighted by Gasteiger charge is 2.50. The summed E-state index contributed by atoms with van der Waals surface area (Å²) < 4.78 is 6.12. The smallest absolute Gasteiger partial charge is 0.344 e. The summed E-state index contributed by atoms with van der Waals surface area (Å²) in [5.41, 5.74) is 2.60. The van der Waals surface area contributed by atoms with Crippen LogP contribution in [0.1, 0.15) is 30.9 Å². The second-order valence-electron chi connectivity index (χ2n) is 7.90. The van der Waals surface area contributed by atoms with Crippen LogP contribution in [0.15, 0.2) is 53.0 Å². The lowest BCUT2D eigenvalue weighted by atomic mass is 9.92. The van der Waals surface area contributed by atoms with Crippen LogP contribution in [-0.2, 0) is 20.7 Å². The molecule has 9 heteroatoms.